The molecular weight excluding hydrogens is 773 g/mol. The SMILES string of the molecule is CC(C)c1cc(N(C2=CCC3C=CC=CC3=C2)c2ccc(C(C)(C)C)cc2)c2ccc3c(C(C)C)cc(N(C4=CCC5C=CC=CC5=C4)c4ccc(C(C)(C)C)cc4)c4ccc1c2c34. The van der Waals surface area contributed by atoms with E-state index >= 15 is 0 Å². The summed E-state index contributed by atoms with van der Waals surface area (Å²) in [6, 6.07) is 33.5. The van der Waals surface area contributed by atoms with Crippen LogP contribution in [0, 0.1) is 11.8 Å². The molecule has 0 bridgehead atoms. The number of hydrogen-bond acceptors (Lipinski definition) is 2. The molecule has 2 heteroatoms. The van der Waals surface area contributed by atoms with Crippen molar-refractivity contribution >= 4 is 55.1 Å². The lowest BCUT2D eigenvalue weighted by Gasteiger charge is -2.34. The van der Waals surface area contributed by atoms with E-state index in [1.807, 2.05) is 0 Å². The maximum Gasteiger partial charge on any atom is 0.0543 e. The van der Waals surface area contributed by atoms with Gasteiger partial charge in [-0.25, -0.2) is 0 Å². The standard InChI is InChI=1S/C62H64N2/c1-39(2)55-37-57(63(47-27-21-45(22-28-47)61(5,6)7)49-25-19-41-15-11-13-17-43(41)35-49)53-34-32-52-56(40(3)4)38-58(54-33-31-51(55)59(53)60(52)54)64(48-29-23-46(24-30-48)62(8,9)10)50-26-20-42-16-12-14-18-44(42)36-50/h11-18,21-42H,19-20H2,1-10H3. The number of anilines is 4. The Labute approximate surface area is 382 Å². The van der Waals surface area contributed by atoms with E-state index in [0.717, 1.165) is 12.8 Å². The van der Waals surface area contributed by atoms with Gasteiger partial charge in [-0.2, -0.15) is 0 Å². The van der Waals surface area contributed by atoms with Gasteiger partial charge < -0.3 is 9.80 Å². The van der Waals surface area contributed by atoms with E-state index in [1.165, 1.54) is 99.9 Å². The second-order valence-corrected chi connectivity index (χ2v) is 21.3. The number of fused-ring (bicyclic) bond motifs is 2. The molecule has 0 aliphatic heterocycles. The van der Waals surface area contributed by atoms with Gasteiger partial charge in [0.15, 0.2) is 0 Å². The lowest BCUT2D eigenvalue weighted by molar-refractivity contribution is 0.590. The molecule has 0 saturated carbocycles. The highest BCUT2D eigenvalue weighted by atomic mass is 15.2. The summed E-state index contributed by atoms with van der Waals surface area (Å²) in [5.41, 5.74) is 15.6. The maximum atomic E-state index is 2.56. The minimum Gasteiger partial charge on any atom is -0.310 e. The first-order valence-corrected chi connectivity index (χ1v) is 23.8. The molecule has 0 heterocycles. The van der Waals surface area contributed by atoms with Crippen LogP contribution in [-0.2, 0) is 10.8 Å². The van der Waals surface area contributed by atoms with Crippen molar-refractivity contribution in [1.82, 2.24) is 0 Å². The van der Waals surface area contributed by atoms with Crippen molar-refractivity contribution in [2.45, 2.75) is 105 Å². The molecule has 4 aliphatic rings. The summed E-state index contributed by atoms with van der Waals surface area (Å²) in [4.78, 5) is 5.13. The topological polar surface area (TPSA) is 6.48 Å². The molecule has 2 atom stereocenters. The first-order chi connectivity index (χ1) is 30.7. The van der Waals surface area contributed by atoms with Gasteiger partial charge in [-0.15, -0.1) is 0 Å². The molecule has 0 N–H and O–H groups in total. The lowest BCUT2D eigenvalue weighted by Crippen LogP contribution is -2.21. The summed E-state index contributed by atoms with van der Waals surface area (Å²) < 4.78 is 0. The van der Waals surface area contributed by atoms with Crippen molar-refractivity contribution in [2.24, 2.45) is 11.8 Å². The molecule has 0 radical (unpaired) electrons. The molecule has 0 spiro atoms. The first kappa shape index (κ1) is 41.9. The molecule has 4 aliphatic carbocycles. The van der Waals surface area contributed by atoms with Gasteiger partial charge in [0.25, 0.3) is 0 Å². The van der Waals surface area contributed by atoms with E-state index < -0.39 is 0 Å². The Balaban J connectivity index is 1.27. The van der Waals surface area contributed by atoms with Crippen LogP contribution in [0.3, 0.4) is 0 Å². The van der Waals surface area contributed by atoms with Gasteiger partial charge in [0.05, 0.1) is 11.4 Å². The highest BCUT2D eigenvalue weighted by Gasteiger charge is 2.29. The summed E-state index contributed by atoms with van der Waals surface area (Å²) in [6.45, 7) is 23.3. The third-order valence-electron chi connectivity index (χ3n) is 14.3. The Bertz CT molecular complexity index is 2840. The van der Waals surface area contributed by atoms with Gasteiger partial charge in [0, 0.05) is 45.4 Å². The first-order valence-electron chi connectivity index (χ1n) is 23.8. The Kier molecular flexibility index (Phi) is 10.4. The van der Waals surface area contributed by atoms with Crippen molar-refractivity contribution < 1.29 is 0 Å². The van der Waals surface area contributed by atoms with Crippen LogP contribution in [0.4, 0.5) is 22.7 Å². The zero-order chi connectivity index (χ0) is 44.7. The summed E-state index contributed by atoms with van der Waals surface area (Å²) in [6.07, 6.45) is 29.8. The van der Waals surface area contributed by atoms with Crippen LogP contribution in [0.15, 0.2) is 180 Å². The fourth-order valence-electron chi connectivity index (χ4n) is 10.6. The zero-order valence-electron chi connectivity index (χ0n) is 39.6. The number of benzene rings is 6. The molecule has 0 amide bonds. The Hall–Kier alpha value is -6.12. The van der Waals surface area contributed by atoms with Gasteiger partial charge in [-0.3, -0.25) is 0 Å². The fourth-order valence-corrected chi connectivity index (χ4v) is 10.6. The van der Waals surface area contributed by atoms with E-state index in [4.69, 9.17) is 0 Å². The summed E-state index contributed by atoms with van der Waals surface area (Å²) >= 11 is 0. The molecule has 322 valence electrons. The van der Waals surface area contributed by atoms with E-state index in [0.29, 0.717) is 23.7 Å². The van der Waals surface area contributed by atoms with E-state index in [-0.39, 0.29) is 10.8 Å². The fraction of sp³-hybridized carbons (Fsp3) is 0.290. The quantitative estimate of drug-likeness (QED) is 0.141. The molecular formula is C62H64N2. The highest BCUT2D eigenvalue weighted by molar-refractivity contribution is 6.29. The van der Waals surface area contributed by atoms with Crippen molar-refractivity contribution in [3.05, 3.63) is 203 Å². The number of hydrogen-bond donors (Lipinski definition) is 0. The molecule has 0 fully saturated rings. The van der Waals surface area contributed by atoms with Gasteiger partial charge in [0.2, 0.25) is 0 Å². The van der Waals surface area contributed by atoms with E-state index in [1.54, 1.807) is 0 Å². The third kappa shape index (κ3) is 7.30. The normalized spacial score (nSPS) is 18.4. The predicted octanol–water partition coefficient (Wildman–Crippen LogP) is 17.6. The summed E-state index contributed by atoms with van der Waals surface area (Å²) in [5.74, 6) is 1.46. The highest BCUT2D eigenvalue weighted by Crippen LogP contribution is 2.51. The van der Waals surface area contributed by atoms with Crippen LogP contribution >= 0.6 is 0 Å². The molecule has 6 aromatic rings. The van der Waals surface area contributed by atoms with Crippen LogP contribution in [0.2, 0.25) is 0 Å². The Morgan fingerprint density at radius 2 is 0.844 bits per heavy atom. The lowest BCUT2D eigenvalue weighted by atomic mass is 9.83. The molecule has 0 saturated heterocycles. The molecule has 10 rings (SSSR count). The average molecular weight is 837 g/mol. The van der Waals surface area contributed by atoms with Crippen molar-refractivity contribution in [1.29, 1.82) is 0 Å². The molecule has 2 nitrogen and oxygen atoms in total. The van der Waals surface area contributed by atoms with Gasteiger partial charge in [-0.1, -0.05) is 179 Å². The zero-order valence-corrected chi connectivity index (χ0v) is 39.6. The molecule has 0 aromatic heterocycles. The van der Waals surface area contributed by atoms with Crippen molar-refractivity contribution in [3.8, 4) is 0 Å². The molecule has 6 aromatic carbocycles. The van der Waals surface area contributed by atoms with Crippen LogP contribution in [0.25, 0.3) is 32.3 Å². The maximum absolute atomic E-state index is 2.56. The van der Waals surface area contributed by atoms with Crippen LogP contribution in [0.1, 0.15) is 116 Å². The Morgan fingerprint density at radius 1 is 0.469 bits per heavy atom. The largest absolute Gasteiger partial charge is 0.310 e. The Morgan fingerprint density at radius 3 is 1.20 bits per heavy atom. The number of allylic oxidation sites excluding steroid dienone is 14. The van der Waals surface area contributed by atoms with Gasteiger partial charge in [-0.05, 0) is 139 Å². The summed E-state index contributed by atoms with van der Waals surface area (Å²) in [5, 5.41) is 7.98. The van der Waals surface area contributed by atoms with E-state index in [2.05, 4.69) is 237 Å². The van der Waals surface area contributed by atoms with Crippen molar-refractivity contribution in [3.63, 3.8) is 0 Å². The number of nitrogens with zero attached hydrogens (tertiary/aromatic N) is 2. The minimum atomic E-state index is 0.0595. The predicted molar refractivity (Wildman–Crippen MR) is 278 cm³/mol. The minimum absolute atomic E-state index is 0.0595. The van der Waals surface area contributed by atoms with Crippen LogP contribution < -0.4 is 9.80 Å². The second kappa shape index (κ2) is 15.8. The average Bonchev–Trinajstić information content (AvgIpc) is 3.28. The van der Waals surface area contributed by atoms with Crippen LogP contribution in [-0.4, -0.2) is 0 Å². The third-order valence-corrected chi connectivity index (χ3v) is 14.3. The monoisotopic (exact) mass is 837 g/mol. The smallest absolute Gasteiger partial charge is 0.0543 e. The summed E-state index contributed by atoms with van der Waals surface area (Å²) in [7, 11) is 0. The second-order valence-electron chi connectivity index (χ2n) is 21.3. The van der Waals surface area contributed by atoms with Gasteiger partial charge >= 0.3 is 0 Å². The van der Waals surface area contributed by atoms with Crippen LogP contribution in [0.5, 0.6) is 0 Å². The number of rotatable bonds is 8. The van der Waals surface area contributed by atoms with Gasteiger partial charge in [0.1, 0.15) is 0 Å². The van der Waals surface area contributed by atoms with Crippen molar-refractivity contribution in [2.75, 3.05) is 9.80 Å². The molecule has 2 unspecified atom stereocenters. The van der Waals surface area contributed by atoms with E-state index in [9.17, 15) is 0 Å². The molecule has 64 heavy (non-hydrogen) atoms.